The third-order valence-corrected chi connectivity index (χ3v) is 3.71. The van der Waals surface area contributed by atoms with Crippen molar-refractivity contribution in [1.82, 2.24) is 0 Å². The van der Waals surface area contributed by atoms with Crippen LogP contribution in [0, 0.1) is 15.2 Å². The fourth-order valence-corrected chi connectivity index (χ4v) is 2.63. The van der Waals surface area contributed by atoms with Crippen molar-refractivity contribution in [2.24, 2.45) is 0 Å². The largest absolute Gasteiger partial charge is 0.417 e. The van der Waals surface area contributed by atoms with Gasteiger partial charge in [0.05, 0.1) is 5.56 Å². The van der Waals surface area contributed by atoms with E-state index in [1.54, 1.807) is 0 Å². The lowest BCUT2D eigenvalue weighted by Crippen LogP contribution is -2.08. The van der Waals surface area contributed by atoms with E-state index in [0.717, 1.165) is 12.1 Å². The predicted molar refractivity (Wildman–Crippen MR) is 69.5 cm³/mol. The minimum absolute atomic E-state index is 0.0208. The van der Waals surface area contributed by atoms with Gasteiger partial charge in [-0.1, -0.05) is 24.3 Å². The molecule has 0 saturated carbocycles. The van der Waals surface area contributed by atoms with Gasteiger partial charge in [0.2, 0.25) is 0 Å². The molecular weight excluding hydrogens is 378 g/mol. The molecule has 0 aromatic heterocycles. The quantitative estimate of drug-likeness (QED) is 0.465. The summed E-state index contributed by atoms with van der Waals surface area (Å²) in [6.45, 7) is 0. The summed E-state index contributed by atoms with van der Waals surface area (Å²) in [5, 5.41) is 0. The van der Waals surface area contributed by atoms with Gasteiger partial charge in [-0.3, -0.25) is 0 Å². The highest BCUT2D eigenvalue weighted by atomic mass is 127. The van der Waals surface area contributed by atoms with E-state index in [9.17, 15) is 22.0 Å². The summed E-state index contributed by atoms with van der Waals surface area (Å²) in [6.07, 6.45) is -4.53. The van der Waals surface area contributed by atoms with Gasteiger partial charge in [-0.05, 0) is 40.3 Å². The lowest BCUT2D eigenvalue weighted by atomic mass is 10.0. The molecule has 0 bridgehead atoms. The fraction of sp³-hybridized carbons (Fsp3) is 0.0769. The van der Waals surface area contributed by atoms with E-state index in [-0.39, 0.29) is 14.7 Å². The molecule has 0 aliphatic rings. The molecule has 6 heteroatoms. The molecule has 2 aromatic rings. The van der Waals surface area contributed by atoms with Crippen LogP contribution in [-0.4, -0.2) is 0 Å². The molecule has 0 spiro atoms. The molecule has 0 radical (unpaired) electrons. The van der Waals surface area contributed by atoms with Crippen LogP contribution in [0.25, 0.3) is 11.1 Å². The minimum atomic E-state index is -4.53. The van der Waals surface area contributed by atoms with Crippen LogP contribution in [0.4, 0.5) is 22.0 Å². The van der Waals surface area contributed by atoms with Crippen molar-refractivity contribution in [3.05, 3.63) is 57.2 Å². The molecule has 0 nitrogen and oxygen atoms in total. The van der Waals surface area contributed by atoms with E-state index in [0.29, 0.717) is 0 Å². The van der Waals surface area contributed by atoms with Crippen LogP contribution in [0.3, 0.4) is 0 Å². The topological polar surface area (TPSA) is 0 Å². The first-order valence-electron chi connectivity index (χ1n) is 5.12. The Labute approximate surface area is 119 Å². The second-order valence-electron chi connectivity index (χ2n) is 3.77. The van der Waals surface area contributed by atoms with Crippen molar-refractivity contribution in [3.8, 4) is 11.1 Å². The molecule has 0 amide bonds. The summed E-state index contributed by atoms with van der Waals surface area (Å²) in [4.78, 5) is 0. The maximum Gasteiger partial charge on any atom is 0.417 e. The zero-order chi connectivity index (χ0) is 14.2. The van der Waals surface area contributed by atoms with Gasteiger partial charge >= 0.3 is 6.18 Å². The summed E-state index contributed by atoms with van der Waals surface area (Å²) < 4.78 is 64.9. The molecule has 2 rings (SSSR count). The molecule has 0 saturated heterocycles. The Morgan fingerprint density at radius 2 is 1.42 bits per heavy atom. The zero-order valence-corrected chi connectivity index (χ0v) is 11.4. The number of hydrogen-bond acceptors (Lipinski definition) is 0. The Kier molecular flexibility index (Phi) is 3.80. The van der Waals surface area contributed by atoms with Gasteiger partial charge in [-0.15, -0.1) is 0 Å². The van der Waals surface area contributed by atoms with Crippen molar-refractivity contribution < 1.29 is 22.0 Å². The summed E-state index contributed by atoms with van der Waals surface area (Å²) in [7, 11) is 0. The van der Waals surface area contributed by atoms with E-state index in [1.807, 2.05) is 0 Å². The van der Waals surface area contributed by atoms with Crippen LogP contribution in [0.1, 0.15) is 5.56 Å². The van der Waals surface area contributed by atoms with Crippen molar-refractivity contribution in [2.45, 2.75) is 6.18 Å². The third kappa shape index (κ3) is 2.72. The molecular formula is C13H6F5I. The molecule has 19 heavy (non-hydrogen) atoms. The second kappa shape index (κ2) is 5.07. The van der Waals surface area contributed by atoms with Crippen molar-refractivity contribution in [2.75, 3.05) is 0 Å². The number of hydrogen-bond donors (Lipinski definition) is 0. The monoisotopic (exact) mass is 384 g/mol. The van der Waals surface area contributed by atoms with Crippen LogP contribution < -0.4 is 0 Å². The number of halogens is 6. The van der Waals surface area contributed by atoms with Gasteiger partial charge in [0, 0.05) is 9.13 Å². The van der Waals surface area contributed by atoms with E-state index in [1.165, 1.54) is 46.9 Å². The predicted octanol–water partition coefficient (Wildman–Crippen LogP) is 5.26. The first-order chi connectivity index (χ1) is 8.82. The van der Waals surface area contributed by atoms with Crippen molar-refractivity contribution >= 4 is 22.6 Å². The van der Waals surface area contributed by atoms with Crippen molar-refractivity contribution in [3.63, 3.8) is 0 Å². The average molecular weight is 384 g/mol. The molecule has 0 fully saturated rings. The van der Waals surface area contributed by atoms with Crippen LogP contribution in [0.15, 0.2) is 36.4 Å². The highest BCUT2D eigenvalue weighted by Gasteiger charge is 2.34. The molecule has 0 atom stereocenters. The Bertz CT molecular complexity index is 619. The molecule has 0 aliphatic carbocycles. The maximum absolute atomic E-state index is 13.6. The number of benzene rings is 2. The smallest absolute Gasteiger partial charge is 0.204 e. The fourth-order valence-electron chi connectivity index (χ4n) is 1.67. The molecule has 0 heterocycles. The van der Waals surface area contributed by atoms with Gasteiger partial charge in [0.15, 0.2) is 11.6 Å². The van der Waals surface area contributed by atoms with E-state index >= 15 is 0 Å². The Hall–Kier alpha value is -1.18. The summed E-state index contributed by atoms with van der Waals surface area (Å²) in [6, 6.07) is 6.82. The Morgan fingerprint density at radius 1 is 0.842 bits per heavy atom. The Morgan fingerprint density at radius 3 is 2.05 bits per heavy atom. The van der Waals surface area contributed by atoms with Crippen LogP contribution in [0.2, 0.25) is 0 Å². The zero-order valence-electron chi connectivity index (χ0n) is 9.23. The second-order valence-corrected chi connectivity index (χ2v) is 4.85. The van der Waals surface area contributed by atoms with Gasteiger partial charge in [0.25, 0.3) is 0 Å². The average Bonchev–Trinajstić information content (AvgIpc) is 2.32. The minimum Gasteiger partial charge on any atom is -0.204 e. The molecule has 2 aromatic carbocycles. The van der Waals surface area contributed by atoms with E-state index < -0.39 is 23.4 Å². The highest BCUT2D eigenvalue weighted by Crippen LogP contribution is 2.38. The summed E-state index contributed by atoms with van der Waals surface area (Å²) in [5.41, 5.74) is -1.03. The molecule has 0 N–H and O–H groups in total. The lowest BCUT2D eigenvalue weighted by Gasteiger charge is -2.13. The number of alkyl halides is 3. The van der Waals surface area contributed by atoms with Gasteiger partial charge in [-0.25, -0.2) is 8.78 Å². The van der Waals surface area contributed by atoms with Crippen molar-refractivity contribution in [1.29, 1.82) is 0 Å². The lowest BCUT2D eigenvalue weighted by molar-refractivity contribution is -0.138. The van der Waals surface area contributed by atoms with Gasteiger partial charge in [0.1, 0.15) is 0 Å². The maximum atomic E-state index is 13.6. The van der Waals surface area contributed by atoms with E-state index in [2.05, 4.69) is 0 Å². The van der Waals surface area contributed by atoms with Gasteiger partial charge < -0.3 is 0 Å². The first kappa shape index (κ1) is 14.2. The molecule has 100 valence electrons. The highest BCUT2D eigenvalue weighted by molar-refractivity contribution is 14.1. The number of rotatable bonds is 1. The van der Waals surface area contributed by atoms with Gasteiger partial charge in [-0.2, -0.15) is 13.2 Å². The van der Waals surface area contributed by atoms with Crippen LogP contribution in [-0.2, 0) is 6.18 Å². The first-order valence-corrected chi connectivity index (χ1v) is 6.20. The standard InChI is InChI=1S/C13H6F5I/c14-10-6-2-3-7(11(10)15)8-4-1-5-9(12(8)19)13(16,17)18/h1-6H. The third-order valence-electron chi connectivity index (χ3n) is 2.55. The van der Waals surface area contributed by atoms with Crippen LogP contribution in [0.5, 0.6) is 0 Å². The van der Waals surface area contributed by atoms with E-state index in [4.69, 9.17) is 0 Å². The molecule has 0 unspecified atom stereocenters. The Balaban J connectivity index is 2.68. The summed E-state index contributed by atoms with van der Waals surface area (Å²) in [5.74, 6) is -2.24. The SMILES string of the molecule is Fc1cccc(-c2cccc(C(F)(F)F)c2I)c1F. The van der Waals surface area contributed by atoms with Crippen LogP contribution >= 0.6 is 22.6 Å². The normalized spacial score (nSPS) is 11.7. The molecule has 0 aliphatic heterocycles. The summed E-state index contributed by atoms with van der Waals surface area (Å²) >= 11 is 1.49.